The first kappa shape index (κ1) is 48.0. The summed E-state index contributed by atoms with van der Waals surface area (Å²) in [4.78, 5) is 84.3. The second kappa shape index (κ2) is 21.7. The SMILES string of the molecule is CC[C@@H]1C(=O)N(C)c2cnc(Nc3ccc(C(=O)NC4CCC(N5CCN(CCCNCCC#Cc6cccc7c6CN(C6CCC(=O)NC6=O)C7=O)CC5)CC4)cc3OC)nc2N1C1CCCC1. The van der Waals surface area contributed by atoms with Crippen LogP contribution in [-0.4, -0.2) is 144 Å². The number of anilines is 4. The van der Waals surface area contributed by atoms with Crippen molar-refractivity contribution in [1.82, 2.24) is 40.6 Å². The summed E-state index contributed by atoms with van der Waals surface area (Å²) in [6.45, 7) is 9.41. The Kier molecular flexibility index (Phi) is 15.1. The molecular formula is C52H67N11O6. The summed E-state index contributed by atoms with van der Waals surface area (Å²) < 4.78 is 5.76. The number of piperazine rings is 1. The third-order valence-corrected chi connectivity index (χ3v) is 15.1. The van der Waals surface area contributed by atoms with Gasteiger partial charge in [0.25, 0.3) is 11.8 Å². The van der Waals surface area contributed by atoms with Crippen molar-refractivity contribution < 1.29 is 28.7 Å². The first-order valence-corrected chi connectivity index (χ1v) is 25.2. The summed E-state index contributed by atoms with van der Waals surface area (Å²) in [7, 11) is 3.39. The van der Waals surface area contributed by atoms with Crippen LogP contribution in [0, 0.1) is 11.8 Å². The molecule has 0 radical (unpaired) electrons. The van der Waals surface area contributed by atoms with Gasteiger partial charge in [0.1, 0.15) is 23.5 Å². The molecule has 2 aliphatic carbocycles. The van der Waals surface area contributed by atoms with Gasteiger partial charge in [0.05, 0.1) is 19.0 Å². The van der Waals surface area contributed by atoms with Crippen molar-refractivity contribution in [3.63, 3.8) is 0 Å². The molecule has 6 aliphatic rings. The molecular weight excluding hydrogens is 875 g/mol. The standard InChI is InChI=1S/C52H67N11O6/c1-4-42-51(68)59(2)44-32-54-52(58-47(44)63(42)38-13-5-6-14-38)56-41-21-16-35(31-45(41)69-3)48(65)55-36-17-19-37(20-18-36)61-29-27-60(28-30-61)26-10-25-53-24-8-7-11-34-12-9-15-39-40(34)33-62(50(39)67)43-22-23-46(64)57-49(43)66/h9,12,15-16,21,31-32,36-38,42-43,53H,4-6,8,10,13-14,17-20,22-30,33H2,1-3H3,(H,55,65)(H,54,56,58)(H,57,64,66)/t36?,37?,42-,43?/m1/s1. The zero-order valence-electron chi connectivity index (χ0n) is 40.4. The fraction of sp³-hybridized carbons (Fsp3) is 0.558. The molecule has 2 aromatic carbocycles. The van der Waals surface area contributed by atoms with Gasteiger partial charge >= 0.3 is 0 Å². The number of methoxy groups -OCH3 is 1. The first-order chi connectivity index (χ1) is 33.6. The number of hydrogen-bond acceptors (Lipinski definition) is 13. The van der Waals surface area contributed by atoms with Crippen LogP contribution in [0.4, 0.5) is 23.1 Å². The summed E-state index contributed by atoms with van der Waals surface area (Å²) >= 11 is 0. The van der Waals surface area contributed by atoms with Gasteiger partial charge in [-0.1, -0.05) is 37.7 Å². The van der Waals surface area contributed by atoms with Crippen LogP contribution in [0.25, 0.3) is 0 Å². The number of amides is 5. The molecule has 5 amide bonds. The number of rotatable bonds is 15. The zero-order valence-corrected chi connectivity index (χ0v) is 40.4. The van der Waals surface area contributed by atoms with Gasteiger partial charge in [0.2, 0.25) is 23.7 Å². The van der Waals surface area contributed by atoms with Crippen molar-refractivity contribution >= 4 is 52.7 Å². The molecule has 5 heterocycles. The highest BCUT2D eigenvalue weighted by Gasteiger charge is 2.42. The smallest absolute Gasteiger partial charge is 0.255 e. The lowest BCUT2D eigenvalue weighted by molar-refractivity contribution is -0.137. The Hall–Kier alpha value is -6.09. The second-order valence-corrected chi connectivity index (χ2v) is 19.4. The maximum absolute atomic E-state index is 13.5. The third kappa shape index (κ3) is 10.6. The van der Waals surface area contributed by atoms with Crippen LogP contribution in [0.5, 0.6) is 5.75 Å². The number of likely N-dealkylation sites (N-methyl/N-ethyl adjacent to an activating group) is 1. The number of ether oxygens (including phenoxy) is 1. The van der Waals surface area contributed by atoms with Gasteiger partial charge in [-0.05, 0) is 107 Å². The zero-order chi connectivity index (χ0) is 48.0. The van der Waals surface area contributed by atoms with Crippen LogP contribution in [0.3, 0.4) is 0 Å². The average Bonchev–Trinajstić information content (AvgIpc) is 4.02. The van der Waals surface area contributed by atoms with Gasteiger partial charge in [-0.25, -0.2) is 4.98 Å². The molecule has 4 aliphatic heterocycles. The van der Waals surface area contributed by atoms with E-state index in [-0.39, 0.29) is 48.2 Å². The third-order valence-electron chi connectivity index (χ3n) is 15.1. The van der Waals surface area contributed by atoms with Gasteiger partial charge in [-0.15, -0.1) is 0 Å². The van der Waals surface area contributed by atoms with Gasteiger partial charge in [0, 0.05) is 94.0 Å². The number of benzene rings is 2. The predicted octanol–water partition coefficient (Wildman–Crippen LogP) is 4.57. The van der Waals surface area contributed by atoms with Crippen LogP contribution in [0.2, 0.25) is 0 Å². The number of piperidine rings is 1. The molecule has 366 valence electrons. The molecule has 4 N–H and O–H groups in total. The fourth-order valence-electron chi connectivity index (χ4n) is 11.3. The van der Waals surface area contributed by atoms with Gasteiger partial charge < -0.3 is 40.3 Å². The van der Waals surface area contributed by atoms with Crippen molar-refractivity contribution in [2.75, 3.05) is 75.1 Å². The number of carbonyl (C=O) groups excluding carboxylic acids is 5. The highest BCUT2D eigenvalue weighted by Crippen LogP contribution is 2.41. The monoisotopic (exact) mass is 942 g/mol. The number of nitrogens with zero attached hydrogens (tertiary/aromatic N) is 7. The number of hydrogen-bond donors (Lipinski definition) is 4. The van der Waals surface area contributed by atoms with Gasteiger partial charge in [-0.3, -0.25) is 34.2 Å². The minimum absolute atomic E-state index is 0.0775. The number of imide groups is 1. The molecule has 17 heteroatoms. The van der Waals surface area contributed by atoms with Crippen molar-refractivity contribution in [3.8, 4) is 17.6 Å². The molecule has 2 saturated carbocycles. The Labute approximate surface area is 405 Å². The van der Waals surface area contributed by atoms with E-state index >= 15 is 0 Å². The fourth-order valence-corrected chi connectivity index (χ4v) is 11.3. The summed E-state index contributed by atoms with van der Waals surface area (Å²) in [6.07, 6.45) is 13.2. The van der Waals surface area contributed by atoms with Crippen LogP contribution in [0.1, 0.15) is 122 Å². The minimum Gasteiger partial charge on any atom is -0.495 e. The summed E-state index contributed by atoms with van der Waals surface area (Å²) in [5.74, 6) is 7.30. The van der Waals surface area contributed by atoms with E-state index in [0.29, 0.717) is 66.0 Å². The Morgan fingerprint density at radius 3 is 2.49 bits per heavy atom. The molecule has 4 fully saturated rings. The van der Waals surface area contributed by atoms with E-state index < -0.39 is 11.9 Å². The Morgan fingerprint density at radius 1 is 0.942 bits per heavy atom. The van der Waals surface area contributed by atoms with Gasteiger partial charge in [-0.2, -0.15) is 4.98 Å². The summed E-state index contributed by atoms with van der Waals surface area (Å²) in [5.41, 5.74) is 4.15. The molecule has 3 aromatic rings. The molecule has 17 nitrogen and oxygen atoms in total. The Morgan fingerprint density at radius 2 is 1.74 bits per heavy atom. The van der Waals surface area contributed by atoms with Crippen molar-refractivity contribution in [2.45, 2.75) is 127 Å². The van der Waals surface area contributed by atoms with E-state index in [1.165, 1.54) is 0 Å². The quantitative estimate of drug-likeness (QED) is 0.0945. The highest BCUT2D eigenvalue weighted by molar-refractivity contribution is 6.06. The lowest BCUT2D eigenvalue weighted by Crippen LogP contribution is -2.55. The van der Waals surface area contributed by atoms with E-state index in [9.17, 15) is 24.0 Å². The van der Waals surface area contributed by atoms with E-state index in [2.05, 4.69) is 59.7 Å². The molecule has 9 rings (SSSR count). The van der Waals surface area contributed by atoms with Crippen LogP contribution < -0.4 is 35.8 Å². The van der Waals surface area contributed by atoms with Gasteiger partial charge in [0.15, 0.2) is 5.82 Å². The predicted molar refractivity (Wildman–Crippen MR) is 264 cm³/mol. The number of carbonyl (C=O) groups is 5. The van der Waals surface area contributed by atoms with E-state index in [4.69, 9.17) is 9.72 Å². The molecule has 2 saturated heterocycles. The molecule has 69 heavy (non-hydrogen) atoms. The molecule has 2 atom stereocenters. The molecule has 1 aromatic heterocycles. The van der Waals surface area contributed by atoms with E-state index in [1.54, 1.807) is 42.3 Å². The van der Waals surface area contributed by atoms with E-state index in [1.807, 2.05) is 24.3 Å². The normalized spacial score (nSPS) is 23.3. The van der Waals surface area contributed by atoms with Crippen LogP contribution >= 0.6 is 0 Å². The van der Waals surface area contributed by atoms with Crippen molar-refractivity contribution in [1.29, 1.82) is 0 Å². The lowest BCUT2D eigenvalue weighted by atomic mass is 9.89. The molecule has 0 bridgehead atoms. The topological polar surface area (TPSA) is 185 Å². The lowest BCUT2D eigenvalue weighted by Gasteiger charge is -2.43. The maximum Gasteiger partial charge on any atom is 0.255 e. The summed E-state index contributed by atoms with van der Waals surface area (Å²) in [6, 6.07) is 11.0. The number of fused-ring (bicyclic) bond motifs is 2. The van der Waals surface area contributed by atoms with Crippen molar-refractivity contribution in [2.24, 2.45) is 0 Å². The summed E-state index contributed by atoms with van der Waals surface area (Å²) in [5, 5.41) is 12.5. The van der Waals surface area contributed by atoms with E-state index in [0.717, 1.165) is 121 Å². The van der Waals surface area contributed by atoms with Crippen LogP contribution in [0.15, 0.2) is 42.6 Å². The maximum atomic E-state index is 13.5. The largest absolute Gasteiger partial charge is 0.495 e. The highest BCUT2D eigenvalue weighted by atomic mass is 16.5. The van der Waals surface area contributed by atoms with Crippen LogP contribution in [-0.2, 0) is 20.9 Å². The number of nitrogens with one attached hydrogen (secondary N) is 4. The molecule has 0 spiro atoms. The minimum atomic E-state index is -0.635. The second-order valence-electron chi connectivity index (χ2n) is 19.4. The van der Waals surface area contributed by atoms with Crippen molar-refractivity contribution in [3.05, 3.63) is 64.8 Å². The number of aromatic nitrogens is 2. The average molecular weight is 942 g/mol. The Bertz CT molecular complexity index is 2470. The molecule has 1 unspecified atom stereocenters. The Balaban J connectivity index is 0.671. The first-order valence-electron chi connectivity index (χ1n) is 25.2.